The number of hydrogen-bond donors (Lipinski definition) is 1. The molecule has 1 aromatic rings. The van der Waals surface area contributed by atoms with Gasteiger partial charge in [0, 0.05) is 18.1 Å². The highest BCUT2D eigenvalue weighted by molar-refractivity contribution is 5.69. The lowest BCUT2D eigenvalue weighted by Crippen LogP contribution is -2.08. The molecule has 5 nitrogen and oxygen atoms in total. The van der Waals surface area contributed by atoms with Gasteiger partial charge in [-0.1, -0.05) is 0 Å². The van der Waals surface area contributed by atoms with Crippen LogP contribution in [0.15, 0.2) is 18.2 Å². The smallest absolute Gasteiger partial charge is 0.305 e. The Balaban J connectivity index is 2.70. The zero-order valence-electron chi connectivity index (χ0n) is 11.5. The zero-order chi connectivity index (χ0) is 14.3. The van der Waals surface area contributed by atoms with E-state index in [4.69, 9.17) is 14.2 Å². The Labute approximate surface area is 113 Å². The Morgan fingerprint density at radius 1 is 1.32 bits per heavy atom. The number of hydrogen-bond acceptors (Lipinski definition) is 5. The number of methoxy groups -OCH3 is 2. The lowest BCUT2D eigenvalue weighted by molar-refractivity contribution is -0.143. The summed E-state index contributed by atoms with van der Waals surface area (Å²) in [5.41, 5.74) is 0.632. The van der Waals surface area contributed by atoms with Crippen LogP contribution in [0.4, 0.5) is 0 Å². The highest BCUT2D eigenvalue weighted by Crippen LogP contribution is 2.31. The fraction of sp³-hybridized carbons (Fsp3) is 0.500. The summed E-state index contributed by atoms with van der Waals surface area (Å²) in [5.74, 6) is 0.878. The Hall–Kier alpha value is -1.75. The molecule has 0 fully saturated rings. The summed E-state index contributed by atoms with van der Waals surface area (Å²) < 4.78 is 15.1. The highest BCUT2D eigenvalue weighted by Gasteiger charge is 2.16. The van der Waals surface area contributed by atoms with Crippen molar-refractivity contribution in [1.29, 1.82) is 0 Å². The molecule has 0 saturated carbocycles. The molecule has 0 heterocycles. The van der Waals surface area contributed by atoms with Gasteiger partial charge in [0.1, 0.15) is 11.5 Å². The van der Waals surface area contributed by atoms with Crippen molar-refractivity contribution >= 4 is 5.97 Å². The van der Waals surface area contributed by atoms with Crippen LogP contribution in [0.25, 0.3) is 0 Å². The second kappa shape index (κ2) is 7.63. The van der Waals surface area contributed by atoms with Gasteiger partial charge in [-0.25, -0.2) is 0 Å². The number of carbonyl (C=O) groups is 1. The largest absolute Gasteiger partial charge is 0.497 e. The summed E-state index contributed by atoms with van der Waals surface area (Å²) in [5, 5.41) is 10.1. The predicted octanol–water partition coefficient (Wildman–Crippen LogP) is 2.08. The summed E-state index contributed by atoms with van der Waals surface area (Å²) in [6.07, 6.45) is -0.309. The fourth-order valence-electron chi connectivity index (χ4n) is 1.74. The van der Waals surface area contributed by atoms with Gasteiger partial charge in [-0.05, 0) is 25.5 Å². The maximum Gasteiger partial charge on any atom is 0.305 e. The van der Waals surface area contributed by atoms with E-state index in [0.29, 0.717) is 30.1 Å². The van der Waals surface area contributed by atoms with Crippen molar-refractivity contribution in [2.24, 2.45) is 0 Å². The van der Waals surface area contributed by atoms with Crippen molar-refractivity contribution in [3.63, 3.8) is 0 Å². The molecule has 0 aliphatic carbocycles. The third kappa shape index (κ3) is 4.44. The van der Waals surface area contributed by atoms with E-state index in [1.54, 1.807) is 32.2 Å². The van der Waals surface area contributed by atoms with Gasteiger partial charge in [0.25, 0.3) is 0 Å². The molecule has 106 valence electrons. The first-order valence-corrected chi connectivity index (χ1v) is 6.18. The maximum absolute atomic E-state index is 11.2. The Morgan fingerprint density at radius 3 is 2.63 bits per heavy atom. The molecule has 0 radical (unpaired) electrons. The van der Waals surface area contributed by atoms with Crippen LogP contribution >= 0.6 is 0 Å². The van der Waals surface area contributed by atoms with Gasteiger partial charge in [0.15, 0.2) is 0 Å². The normalized spacial score (nSPS) is 11.8. The predicted molar refractivity (Wildman–Crippen MR) is 70.4 cm³/mol. The van der Waals surface area contributed by atoms with Crippen molar-refractivity contribution in [3.8, 4) is 11.5 Å². The summed E-state index contributed by atoms with van der Waals surface area (Å²) in [4.78, 5) is 11.2. The Kier molecular flexibility index (Phi) is 6.15. The molecule has 0 bridgehead atoms. The van der Waals surface area contributed by atoms with Gasteiger partial charge >= 0.3 is 5.97 Å². The maximum atomic E-state index is 11.2. The van der Waals surface area contributed by atoms with E-state index in [1.165, 1.54) is 7.11 Å². The van der Waals surface area contributed by atoms with Crippen LogP contribution in [0.1, 0.15) is 31.4 Å². The number of esters is 1. The Bertz CT molecular complexity index is 416. The van der Waals surface area contributed by atoms with E-state index in [1.807, 2.05) is 0 Å². The molecule has 0 aliphatic rings. The standard InChI is InChI=1S/C14H20O5/c1-4-19-14(16)8-7-12(15)11-6-5-10(17-2)9-13(11)18-3/h5-6,9,12,15H,4,7-8H2,1-3H3. The van der Waals surface area contributed by atoms with Crippen molar-refractivity contribution in [1.82, 2.24) is 0 Å². The van der Waals surface area contributed by atoms with Crippen molar-refractivity contribution in [3.05, 3.63) is 23.8 Å². The minimum Gasteiger partial charge on any atom is -0.497 e. The molecule has 1 N–H and O–H groups in total. The van der Waals surface area contributed by atoms with E-state index < -0.39 is 6.10 Å². The first-order chi connectivity index (χ1) is 9.12. The average molecular weight is 268 g/mol. The lowest BCUT2D eigenvalue weighted by atomic mass is 10.0. The van der Waals surface area contributed by atoms with Gasteiger partial charge in [-0.2, -0.15) is 0 Å². The van der Waals surface area contributed by atoms with Gasteiger partial charge in [0.05, 0.1) is 26.9 Å². The minimum absolute atomic E-state index is 0.171. The fourth-order valence-corrected chi connectivity index (χ4v) is 1.74. The molecule has 5 heteroatoms. The molecule has 0 aromatic heterocycles. The third-order valence-corrected chi connectivity index (χ3v) is 2.73. The molecular formula is C14H20O5. The van der Waals surface area contributed by atoms with Crippen LogP contribution in [-0.4, -0.2) is 31.9 Å². The molecule has 1 rings (SSSR count). The molecular weight excluding hydrogens is 248 g/mol. The number of aliphatic hydroxyl groups is 1. The van der Waals surface area contributed by atoms with Crippen LogP contribution in [0.3, 0.4) is 0 Å². The molecule has 0 spiro atoms. The topological polar surface area (TPSA) is 65.0 Å². The van der Waals surface area contributed by atoms with Crippen LogP contribution in [0.2, 0.25) is 0 Å². The van der Waals surface area contributed by atoms with Crippen LogP contribution < -0.4 is 9.47 Å². The molecule has 1 aromatic carbocycles. The highest BCUT2D eigenvalue weighted by atomic mass is 16.5. The summed E-state index contributed by atoms with van der Waals surface area (Å²) in [6, 6.07) is 5.17. The first-order valence-electron chi connectivity index (χ1n) is 6.18. The number of aliphatic hydroxyl groups excluding tert-OH is 1. The van der Waals surface area contributed by atoms with E-state index in [9.17, 15) is 9.90 Å². The number of rotatable bonds is 7. The van der Waals surface area contributed by atoms with Gasteiger partial charge in [0.2, 0.25) is 0 Å². The summed E-state index contributed by atoms with van der Waals surface area (Å²) >= 11 is 0. The molecule has 1 unspecified atom stereocenters. The lowest BCUT2D eigenvalue weighted by Gasteiger charge is -2.15. The van der Waals surface area contributed by atoms with Crippen molar-refractivity contribution < 1.29 is 24.1 Å². The number of benzene rings is 1. The molecule has 0 amide bonds. The number of carbonyl (C=O) groups excluding carboxylic acids is 1. The van der Waals surface area contributed by atoms with E-state index in [0.717, 1.165) is 0 Å². The van der Waals surface area contributed by atoms with Gasteiger partial charge in [-0.15, -0.1) is 0 Å². The van der Waals surface area contributed by atoms with Gasteiger partial charge in [-0.3, -0.25) is 4.79 Å². The van der Waals surface area contributed by atoms with Crippen LogP contribution in [0, 0.1) is 0 Å². The van der Waals surface area contributed by atoms with Gasteiger partial charge < -0.3 is 19.3 Å². The first kappa shape index (κ1) is 15.3. The van der Waals surface area contributed by atoms with E-state index >= 15 is 0 Å². The van der Waals surface area contributed by atoms with E-state index in [2.05, 4.69) is 0 Å². The minimum atomic E-state index is -0.773. The molecule has 0 aliphatic heterocycles. The molecule has 0 saturated heterocycles. The SMILES string of the molecule is CCOC(=O)CCC(O)c1ccc(OC)cc1OC. The monoisotopic (exact) mass is 268 g/mol. The zero-order valence-corrected chi connectivity index (χ0v) is 11.5. The van der Waals surface area contributed by atoms with E-state index in [-0.39, 0.29) is 12.4 Å². The summed E-state index contributed by atoms with van der Waals surface area (Å²) in [6.45, 7) is 2.10. The van der Waals surface area contributed by atoms with Crippen molar-refractivity contribution in [2.75, 3.05) is 20.8 Å². The molecule has 19 heavy (non-hydrogen) atoms. The summed E-state index contributed by atoms with van der Waals surface area (Å²) in [7, 11) is 3.09. The third-order valence-electron chi connectivity index (χ3n) is 2.73. The van der Waals surface area contributed by atoms with Crippen LogP contribution in [-0.2, 0) is 9.53 Å². The van der Waals surface area contributed by atoms with Crippen LogP contribution in [0.5, 0.6) is 11.5 Å². The second-order valence-corrected chi connectivity index (χ2v) is 3.97. The quantitative estimate of drug-likeness (QED) is 0.767. The number of ether oxygens (including phenoxy) is 3. The van der Waals surface area contributed by atoms with Crippen molar-refractivity contribution in [2.45, 2.75) is 25.9 Å². The Morgan fingerprint density at radius 2 is 2.05 bits per heavy atom. The average Bonchev–Trinajstić information content (AvgIpc) is 2.44. The second-order valence-electron chi connectivity index (χ2n) is 3.97. The molecule has 1 atom stereocenters.